The van der Waals surface area contributed by atoms with Crippen molar-refractivity contribution in [2.45, 2.75) is 162 Å². The second-order valence-electron chi connectivity index (χ2n) is 28.0. The summed E-state index contributed by atoms with van der Waals surface area (Å²) in [5, 5.41) is 0. The Labute approximate surface area is 468 Å². The molecule has 12 rings (SSSR count). The minimum Gasteiger partial charge on any atom is -0.334 e. The highest BCUT2D eigenvalue weighted by Gasteiger charge is 2.58. The fraction of sp³-hybridized carbons (Fsp3) is 0.342. The second kappa shape index (κ2) is 18.0. The van der Waals surface area contributed by atoms with Crippen molar-refractivity contribution in [3.8, 4) is 0 Å². The molecule has 1 aliphatic carbocycles. The fourth-order valence-corrected chi connectivity index (χ4v) is 13.9. The maximum atomic E-state index is 2.78. The summed E-state index contributed by atoms with van der Waals surface area (Å²) >= 11 is 0. The smallest absolute Gasteiger partial charge is 0.252 e. The molecule has 8 aromatic carbocycles. The molecule has 0 bridgehead atoms. The summed E-state index contributed by atoms with van der Waals surface area (Å²) in [7, 11) is 0. The van der Waals surface area contributed by atoms with Gasteiger partial charge in [0.15, 0.2) is 0 Å². The van der Waals surface area contributed by atoms with Crippen LogP contribution in [-0.2, 0) is 27.1 Å². The lowest BCUT2D eigenvalue weighted by Crippen LogP contribution is -2.61. The Kier molecular flexibility index (Phi) is 12.0. The predicted molar refractivity (Wildman–Crippen MR) is 337 cm³/mol. The summed E-state index contributed by atoms with van der Waals surface area (Å²) in [5.41, 5.74) is 25.3. The van der Waals surface area contributed by atoms with Crippen LogP contribution in [0.3, 0.4) is 0 Å². The van der Waals surface area contributed by atoms with E-state index in [1.807, 2.05) is 0 Å². The van der Waals surface area contributed by atoms with Gasteiger partial charge in [-0.1, -0.05) is 182 Å². The molecule has 1 fully saturated rings. The first-order chi connectivity index (χ1) is 36.9. The van der Waals surface area contributed by atoms with Crippen LogP contribution in [0.5, 0.6) is 0 Å². The second-order valence-corrected chi connectivity index (χ2v) is 28.0. The van der Waals surface area contributed by atoms with Crippen LogP contribution in [0.15, 0.2) is 170 Å². The number of benzene rings is 8. The number of rotatable bonds is 6. The normalized spacial score (nSPS) is 18.8. The number of anilines is 11. The van der Waals surface area contributed by atoms with Crippen molar-refractivity contribution in [2.75, 3.05) is 19.6 Å². The zero-order valence-corrected chi connectivity index (χ0v) is 49.4. The van der Waals surface area contributed by atoms with Gasteiger partial charge >= 0.3 is 0 Å². The van der Waals surface area contributed by atoms with Crippen molar-refractivity contribution in [1.29, 1.82) is 0 Å². The molecule has 0 spiro atoms. The van der Waals surface area contributed by atoms with Gasteiger partial charge in [0.1, 0.15) is 0 Å². The molecular weight excluding hydrogens is 944 g/mol. The number of hydrogen-bond donors (Lipinski definition) is 0. The van der Waals surface area contributed by atoms with Crippen molar-refractivity contribution in [1.82, 2.24) is 0 Å². The summed E-state index contributed by atoms with van der Waals surface area (Å²) in [6, 6.07) is 66.0. The van der Waals surface area contributed by atoms with Gasteiger partial charge in [0.25, 0.3) is 6.71 Å². The highest BCUT2D eigenvalue weighted by atomic mass is 15.3. The molecule has 3 aliphatic heterocycles. The van der Waals surface area contributed by atoms with E-state index in [1.54, 1.807) is 0 Å². The highest BCUT2D eigenvalue weighted by Crippen LogP contribution is 2.62. The quantitative estimate of drug-likeness (QED) is 0.154. The van der Waals surface area contributed by atoms with Gasteiger partial charge in [0.05, 0.1) is 5.54 Å². The van der Waals surface area contributed by atoms with E-state index < -0.39 is 0 Å². The third-order valence-electron chi connectivity index (χ3n) is 18.7. The van der Waals surface area contributed by atoms with E-state index in [-0.39, 0.29) is 39.3 Å². The lowest BCUT2D eigenvalue weighted by Gasteiger charge is -2.51. The minimum absolute atomic E-state index is 0.00761. The average Bonchev–Trinajstić information content (AvgIpc) is 3.83. The average molecular weight is 1030 g/mol. The van der Waals surface area contributed by atoms with E-state index in [9.17, 15) is 0 Å². The van der Waals surface area contributed by atoms with E-state index in [2.05, 4.69) is 293 Å². The maximum absolute atomic E-state index is 2.78. The first-order valence-corrected chi connectivity index (χ1v) is 29.0. The van der Waals surface area contributed by atoms with Gasteiger partial charge in [-0.2, -0.15) is 0 Å². The molecule has 4 aliphatic rings. The Morgan fingerprint density at radius 2 is 0.936 bits per heavy atom. The topological polar surface area (TPSA) is 13.0 Å². The Balaban J connectivity index is 1.12. The van der Waals surface area contributed by atoms with Crippen LogP contribution in [0.1, 0.15) is 156 Å². The van der Waals surface area contributed by atoms with Gasteiger partial charge in [-0.3, -0.25) is 0 Å². The Morgan fingerprint density at radius 3 is 1.53 bits per heavy atom. The van der Waals surface area contributed by atoms with Gasteiger partial charge in [-0.25, -0.2) is 0 Å². The Hall–Kier alpha value is -6.98. The number of fused-ring (bicyclic) bond motifs is 7. The molecule has 4 nitrogen and oxygen atoms in total. The van der Waals surface area contributed by atoms with Crippen LogP contribution < -0.4 is 36.0 Å². The van der Waals surface area contributed by atoms with Crippen LogP contribution in [0.25, 0.3) is 0 Å². The summed E-state index contributed by atoms with van der Waals surface area (Å²) in [6.45, 7) is 35.6. The van der Waals surface area contributed by atoms with E-state index in [0.717, 1.165) is 24.2 Å². The maximum Gasteiger partial charge on any atom is 0.252 e. The number of hydrogen-bond acceptors (Lipinski definition) is 4. The van der Waals surface area contributed by atoms with E-state index in [0.29, 0.717) is 0 Å². The Morgan fingerprint density at radius 1 is 0.410 bits per heavy atom. The highest BCUT2D eigenvalue weighted by molar-refractivity contribution is 7.00. The molecule has 0 saturated heterocycles. The molecule has 0 amide bonds. The summed E-state index contributed by atoms with van der Waals surface area (Å²) < 4.78 is 0. The molecular formula is C73H81BN4. The van der Waals surface area contributed by atoms with Crippen LogP contribution in [-0.4, -0.2) is 12.3 Å². The molecule has 5 heteroatoms. The van der Waals surface area contributed by atoms with E-state index in [4.69, 9.17) is 0 Å². The van der Waals surface area contributed by atoms with Crippen molar-refractivity contribution >= 4 is 85.7 Å². The zero-order valence-electron chi connectivity index (χ0n) is 49.4. The monoisotopic (exact) mass is 1020 g/mol. The van der Waals surface area contributed by atoms with Crippen molar-refractivity contribution in [2.24, 2.45) is 0 Å². The number of aryl methyl sites for hydroxylation is 1. The third-order valence-corrected chi connectivity index (χ3v) is 18.7. The fourth-order valence-electron chi connectivity index (χ4n) is 13.9. The summed E-state index contributed by atoms with van der Waals surface area (Å²) in [5.74, 6) is 0. The molecule has 396 valence electrons. The number of nitrogens with zero attached hydrogens (tertiary/aromatic N) is 4. The van der Waals surface area contributed by atoms with Gasteiger partial charge < -0.3 is 19.6 Å². The van der Waals surface area contributed by atoms with Crippen LogP contribution in [0.4, 0.5) is 62.6 Å². The van der Waals surface area contributed by atoms with Gasteiger partial charge in [-0.15, -0.1) is 0 Å². The van der Waals surface area contributed by atoms with Crippen LogP contribution in [0.2, 0.25) is 0 Å². The third kappa shape index (κ3) is 8.23. The largest absolute Gasteiger partial charge is 0.334 e. The molecule has 1 saturated carbocycles. The van der Waals surface area contributed by atoms with E-state index in [1.165, 1.54) is 114 Å². The van der Waals surface area contributed by atoms with Crippen LogP contribution >= 0.6 is 0 Å². The molecule has 2 atom stereocenters. The molecule has 0 aromatic heterocycles. The first kappa shape index (κ1) is 51.8. The zero-order chi connectivity index (χ0) is 55.1. The summed E-state index contributed by atoms with van der Waals surface area (Å²) in [4.78, 5) is 10.5. The number of para-hydroxylation sites is 2. The van der Waals surface area contributed by atoms with Crippen molar-refractivity contribution < 1.29 is 0 Å². The molecule has 8 aromatic rings. The van der Waals surface area contributed by atoms with Crippen molar-refractivity contribution in [3.63, 3.8) is 0 Å². The molecule has 0 radical (unpaired) electrons. The van der Waals surface area contributed by atoms with Crippen molar-refractivity contribution in [3.05, 3.63) is 203 Å². The molecule has 3 heterocycles. The van der Waals surface area contributed by atoms with Gasteiger partial charge in [0, 0.05) is 68.0 Å². The minimum atomic E-state index is -0.164. The molecule has 78 heavy (non-hydrogen) atoms. The molecule has 2 unspecified atom stereocenters. The lowest BCUT2D eigenvalue weighted by atomic mass is 9.33. The van der Waals surface area contributed by atoms with Gasteiger partial charge in [-0.05, 0) is 189 Å². The lowest BCUT2D eigenvalue weighted by molar-refractivity contribution is 0.195. The van der Waals surface area contributed by atoms with Crippen LogP contribution in [0, 0.1) is 6.92 Å². The van der Waals surface area contributed by atoms with E-state index >= 15 is 0 Å². The SMILES string of the molecule is Cc1cc(C(C)(C)C)ccc1N1c2ccc(C(C)(C)C)cc2B2c3ccc(N4c5ccc(N(c6ccccc6)c6ccccc6)cc5C5(C)CCCCC45C)cc3N(c3ccc(C(C)(C)C)cc3)c3cc(C(C)(C)C)cc1c32. The predicted octanol–water partition coefficient (Wildman–Crippen LogP) is 18.5. The standard InChI is InChI=1S/C73H81BN4/c1-48-42-50(69(5,6)7)30-37-61(48)77-63-38-31-51(70(8,9)10)43-60(63)74-59-36-34-57(47-64(59)76(55-32-28-49(29-33-55)68(2,3)4)65-44-52(71(11,12)13)45-66(77)67(65)74)78-62-39-35-56(46-58(62)72(14)40-22-23-41-73(72,78)15)75(53-24-18-16-19-25-53)54-26-20-17-21-27-54/h16-21,24-39,42-47H,22-23,40-41H2,1-15H3. The Bertz CT molecular complexity index is 3590. The van der Waals surface area contributed by atoms with Gasteiger partial charge in [0.2, 0.25) is 0 Å². The molecule has 0 N–H and O–H groups in total. The first-order valence-electron chi connectivity index (χ1n) is 29.0. The summed E-state index contributed by atoms with van der Waals surface area (Å²) in [6.07, 6.45) is 4.68.